The number of benzene rings is 1. The molecule has 112 valence electrons. The van der Waals surface area contributed by atoms with Crippen LogP contribution < -0.4 is 4.90 Å². The Bertz CT molecular complexity index is 719. The predicted molar refractivity (Wildman–Crippen MR) is 91.1 cm³/mol. The van der Waals surface area contributed by atoms with E-state index in [1.807, 2.05) is 25.1 Å². The quantitative estimate of drug-likeness (QED) is 0.409. The van der Waals surface area contributed by atoms with Gasteiger partial charge in [0.15, 0.2) is 0 Å². The van der Waals surface area contributed by atoms with Gasteiger partial charge in [-0.25, -0.2) is 4.90 Å². The Labute approximate surface area is 142 Å². The lowest BCUT2D eigenvalue weighted by atomic mass is 9.63. The van der Waals surface area contributed by atoms with Crippen molar-refractivity contribution in [3.05, 3.63) is 39.5 Å². The van der Waals surface area contributed by atoms with Gasteiger partial charge in [0.2, 0.25) is 11.8 Å². The monoisotopic (exact) mass is 405 g/mol. The molecule has 2 bridgehead atoms. The molecule has 1 heterocycles. The van der Waals surface area contributed by atoms with Crippen LogP contribution in [0.25, 0.3) is 0 Å². The smallest absolute Gasteiger partial charge is 0.238 e. The molecular formula is C18H16INO2. The predicted octanol–water partition coefficient (Wildman–Crippen LogP) is 3.16. The molecule has 0 spiro atoms. The summed E-state index contributed by atoms with van der Waals surface area (Å²) < 4.78 is 1.12. The van der Waals surface area contributed by atoms with Crippen LogP contribution in [0.15, 0.2) is 30.4 Å². The van der Waals surface area contributed by atoms with Crippen molar-refractivity contribution in [2.24, 2.45) is 35.5 Å². The fourth-order valence-corrected chi connectivity index (χ4v) is 5.71. The number of rotatable bonds is 1. The minimum atomic E-state index is -0.107. The fraction of sp³-hybridized carbons (Fsp3) is 0.444. The summed E-state index contributed by atoms with van der Waals surface area (Å²) >= 11 is 2.26. The van der Waals surface area contributed by atoms with Gasteiger partial charge in [0.05, 0.1) is 17.5 Å². The van der Waals surface area contributed by atoms with Crippen molar-refractivity contribution in [1.82, 2.24) is 0 Å². The lowest BCUT2D eigenvalue weighted by molar-refractivity contribution is -0.124. The minimum Gasteiger partial charge on any atom is -0.274 e. The fourth-order valence-electron chi connectivity index (χ4n) is 5.06. The summed E-state index contributed by atoms with van der Waals surface area (Å²) in [6.07, 6.45) is 5.64. The first-order chi connectivity index (χ1) is 10.6. The molecule has 1 aliphatic heterocycles. The third kappa shape index (κ3) is 1.52. The number of hydrogen-bond acceptors (Lipinski definition) is 2. The molecule has 4 heteroatoms. The van der Waals surface area contributed by atoms with Crippen molar-refractivity contribution < 1.29 is 9.59 Å². The first kappa shape index (κ1) is 13.3. The van der Waals surface area contributed by atoms with E-state index in [2.05, 4.69) is 34.7 Å². The standard InChI is InChI=1S/C18H16INO2/c1-8-6-9(19)2-5-14(8)20-17(21)15-10-3-4-11(13-7-12(10)13)16(15)18(20)22/h2-6,10-13,15-16H,7H2,1H3/t10-,11-,12-,13-,15+,16+/m0/s1. The first-order valence-electron chi connectivity index (χ1n) is 7.90. The molecule has 3 nitrogen and oxygen atoms in total. The van der Waals surface area contributed by atoms with Crippen LogP contribution in [0.5, 0.6) is 0 Å². The number of aryl methyl sites for hydroxylation is 1. The van der Waals surface area contributed by atoms with Crippen LogP contribution >= 0.6 is 22.6 Å². The number of hydrogen-bond donors (Lipinski definition) is 0. The number of nitrogens with zero attached hydrogens (tertiary/aromatic N) is 1. The summed E-state index contributed by atoms with van der Waals surface area (Å²) in [6, 6.07) is 5.92. The molecule has 0 radical (unpaired) electrons. The molecule has 1 saturated heterocycles. The maximum Gasteiger partial charge on any atom is 0.238 e. The number of halogens is 1. The SMILES string of the molecule is Cc1cc(I)ccc1N1C(=O)[C@@H]2[C@H]3C=C[C@@H]([C@@H]4C[C@@H]34)[C@H]2C1=O. The van der Waals surface area contributed by atoms with Crippen LogP contribution in [0.3, 0.4) is 0 Å². The summed E-state index contributed by atoms with van der Waals surface area (Å²) in [5, 5.41) is 0. The van der Waals surface area contributed by atoms with Gasteiger partial charge in [-0.3, -0.25) is 9.59 Å². The maximum absolute atomic E-state index is 13.0. The van der Waals surface area contributed by atoms with E-state index in [0.717, 1.165) is 14.8 Å². The summed E-state index contributed by atoms with van der Waals surface area (Å²) in [5.74, 6) is 1.76. The van der Waals surface area contributed by atoms with Crippen molar-refractivity contribution in [1.29, 1.82) is 0 Å². The van der Waals surface area contributed by atoms with E-state index in [-0.39, 0.29) is 23.7 Å². The second-order valence-electron chi connectivity index (χ2n) is 7.10. The molecular weight excluding hydrogens is 389 g/mol. The molecule has 0 aromatic heterocycles. The second-order valence-corrected chi connectivity index (χ2v) is 8.34. The molecule has 0 unspecified atom stereocenters. The topological polar surface area (TPSA) is 37.4 Å². The molecule has 1 aromatic rings. The van der Waals surface area contributed by atoms with Crippen molar-refractivity contribution in [3.63, 3.8) is 0 Å². The third-order valence-electron chi connectivity index (χ3n) is 6.06. The molecule has 5 aliphatic rings. The van der Waals surface area contributed by atoms with Gasteiger partial charge in [-0.2, -0.15) is 0 Å². The Hall–Kier alpha value is -1.17. The summed E-state index contributed by atoms with van der Waals surface area (Å²) in [5.41, 5.74) is 1.77. The highest BCUT2D eigenvalue weighted by molar-refractivity contribution is 14.1. The molecule has 6 rings (SSSR count). The van der Waals surface area contributed by atoms with Gasteiger partial charge in [-0.1, -0.05) is 12.2 Å². The highest BCUT2D eigenvalue weighted by Crippen LogP contribution is 2.65. The summed E-state index contributed by atoms with van der Waals surface area (Å²) in [6.45, 7) is 1.98. The zero-order valence-electron chi connectivity index (χ0n) is 12.2. The number of imide groups is 1. The van der Waals surface area contributed by atoms with E-state index in [1.54, 1.807) is 0 Å². The van der Waals surface area contributed by atoms with Gasteiger partial charge >= 0.3 is 0 Å². The number of amides is 2. The van der Waals surface area contributed by atoms with E-state index in [0.29, 0.717) is 23.7 Å². The van der Waals surface area contributed by atoms with Crippen molar-refractivity contribution >= 4 is 40.1 Å². The zero-order chi connectivity index (χ0) is 15.2. The lowest BCUT2D eigenvalue weighted by Gasteiger charge is -2.37. The van der Waals surface area contributed by atoms with Crippen LogP contribution in [-0.2, 0) is 9.59 Å². The molecule has 3 fully saturated rings. The average molecular weight is 405 g/mol. The van der Waals surface area contributed by atoms with E-state index in [1.165, 1.54) is 11.3 Å². The van der Waals surface area contributed by atoms with Gasteiger partial charge in [-0.05, 0) is 83.4 Å². The van der Waals surface area contributed by atoms with Gasteiger partial charge in [0, 0.05) is 3.57 Å². The Morgan fingerprint density at radius 3 is 2.18 bits per heavy atom. The van der Waals surface area contributed by atoms with Crippen molar-refractivity contribution in [2.45, 2.75) is 13.3 Å². The normalized spacial score (nSPS) is 40.9. The minimum absolute atomic E-state index is 0.0315. The molecule has 22 heavy (non-hydrogen) atoms. The van der Waals surface area contributed by atoms with E-state index in [4.69, 9.17) is 0 Å². The van der Waals surface area contributed by atoms with Gasteiger partial charge < -0.3 is 0 Å². The molecule has 2 amide bonds. The number of carbonyl (C=O) groups excluding carboxylic acids is 2. The maximum atomic E-state index is 13.0. The van der Waals surface area contributed by atoms with Gasteiger partial charge in [-0.15, -0.1) is 0 Å². The molecule has 0 N–H and O–H groups in total. The van der Waals surface area contributed by atoms with Gasteiger partial charge in [0.1, 0.15) is 0 Å². The Morgan fingerprint density at radius 2 is 1.64 bits per heavy atom. The largest absolute Gasteiger partial charge is 0.274 e. The Morgan fingerprint density at radius 1 is 1.05 bits per heavy atom. The van der Waals surface area contributed by atoms with Crippen LogP contribution in [0.2, 0.25) is 0 Å². The number of allylic oxidation sites excluding steroid dienone is 2. The molecule has 2 saturated carbocycles. The highest BCUT2D eigenvalue weighted by atomic mass is 127. The second kappa shape index (κ2) is 4.22. The molecule has 1 aromatic carbocycles. The van der Waals surface area contributed by atoms with Crippen LogP contribution in [0, 0.1) is 46.0 Å². The average Bonchev–Trinajstić information content (AvgIpc) is 3.26. The first-order valence-corrected chi connectivity index (χ1v) is 8.98. The number of carbonyl (C=O) groups is 2. The molecule has 4 aliphatic carbocycles. The lowest BCUT2D eigenvalue weighted by Crippen LogP contribution is -2.40. The highest BCUT2D eigenvalue weighted by Gasteiger charge is 2.67. The van der Waals surface area contributed by atoms with E-state index >= 15 is 0 Å². The Kier molecular flexibility index (Phi) is 2.55. The third-order valence-corrected chi connectivity index (χ3v) is 6.73. The van der Waals surface area contributed by atoms with Gasteiger partial charge in [0.25, 0.3) is 0 Å². The zero-order valence-corrected chi connectivity index (χ0v) is 14.4. The Balaban J connectivity index is 1.60. The van der Waals surface area contributed by atoms with Crippen LogP contribution in [0.4, 0.5) is 5.69 Å². The van der Waals surface area contributed by atoms with E-state index < -0.39 is 0 Å². The van der Waals surface area contributed by atoms with Crippen LogP contribution in [-0.4, -0.2) is 11.8 Å². The van der Waals surface area contributed by atoms with Crippen molar-refractivity contribution in [2.75, 3.05) is 4.90 Å². The van der Waals surface area contributed by atoms with Crippen molar-refractivity contribution in [3.8, 4) is 0 Å². The van der Waals surface area contributed by atoms with E-state index in [9.17, 15) is 9.59 Å². The van der Waals surface area contributed by atoms with Crippen LogP contribution in [0.1, 0.15) is 12.0 Å². The molecule has 6 atom stereocenters. The summed E-state index contributed by atoms with van der Waals surface area (Å²) in [4.78, 5) is 27.5. The number of anilines is 1. The summed E-state index contributed by atoms with van der Waals surface area (Å²) in [7, 11) is 0.